The molecule has 1 aromatic carbocycles. The Hall–Kier alpha value is -0.830. The molecule has 0 spiro atoms. The van der Waals surface area contributed by atoms with E-state index >= 15 is 0 Å². The van der Waals surface area contributed by atoms with Crippen molar-refractivity contribution in [3.63, 3.8) is 0 Å². The number of alkyl halides is 1. The first kappa shape index (κ1) is 9.71. The van der Waals surface area contributed by atoms with Crippen molar-refractivity contribution in [3.8, 4) is 5.75 Å². The van der Waals surface area contributed by atoms with Crippen LogP contribution in [0.5, 0.6) is 5.75 Å². The molecule has 1 radical (unpaired) electrons. The number of ether oxygens (including phenoxy) is 1. The summed E-state index contributed by atoms with van der Waals surface area (Å²) >= 11 is 3.25. The van der Waals surface area contributed by atoms with Gasteiger partial charge in [0, 0.05) is 17.0 Å². The molecule has 0 saturated heterocycles. The fraction of sp³-hybridized carbons (Fsp3) is 0.273. The minimum absolute atomic E-state index is 0.225. The molecular formula is C11H9BrFO. The topological polar surface area (TPSA) is 9.23 Å². The average Bonchev–Trinajstić information content (AvgIpc) is 2.63. The number of rotatable bonds is 3. The number of hydrogen-bond acceptors (Lipinski definition) is 1. The molecule has 0 heterocycles. The van der Waals surface area contributed by atoms with Crippen LogP contribution in [0.2, 0.25) is 0 Å². The highest BCUT2D eigenvalue weighted by molar-refractivity contribution is 9.09. The van der Waals surface area contributed by atoms with Crippen LogP contribution in [0.25, 0.3) is 6.08 Å². The molecule has 3 heteroatoms. The largest absolute Gasteiger partial charge is 0.493 e. The Morgan fingerprint density at radius 1 is 1.50 bits per heavy atom. The highest BCUT2D eigenvalue weighted by Gasteiger charge is 2.12. The first-order valence-corrected chi connectivity index (χ1v) is 5.51. The maximum atomic E-state index is 13.4. The van der Waals surface area contributed by atoms with E-state index in [4.69, 9.17) is 4.74 Å². The number of allylic oxidation sites excluding steroid dienone is 1. The lowest BCUT2D eigenvalue weighted by atomic mass is 10.1. The van der Waals surface area contributed by atoms with Crippen LogP contribution < -0.4 is 4.74 Å². The summed E-state index contributed by atoms with van der Waals surface area (Å²) in [5.74, 6) is 0.370. The standard InChI is InChI=1S/C11H9BrFO/c12-4-5-14-9-6-8-2-1-3-10(8)11(13)7-9/h3,6-7H,2,4-5H2. The van der Waals surface area contributed by atoms with Crippen molar-refractivity contribution in [2.75, 3.05) is 11.9 Å². The van der Waals surface area contributed by atoms with E-state index in [0.717, 1.165) is 10.9 Å². The van der Waals surface area contributed by atoms with Crippen molar-refractivity contribution < 1.29 is 9.13 Å². The van der Waals surface area contributed by atoms with Crippen molar-refractivity contribution in [1.82, 2.24) is 0 Å². The van der Waals surface area contributed by atoms with Gasteiger partial charge in [0.15, 0.2) is 0 Å². The van der Waals surface area contributed by atoms with Crippen LogP contribution in [0.3, 0.4) is 0 Å². The number of fused-ring (bicyclic) bond motifs is 1. The molecule has 1 nitrogen and oxygen atoms in total. The normalized spacial score (nSPS) is 13.0. The highest BCUT2D eigenvalue weighted by atomic mass is 79.9. The average molecular weight is 256 g/mol. The first-order chi connectivity index (χ1) is 6.81. The summed E-state index contributed by atoms with van der Waals surface area (Å²) in [7, 11) is 0. The lowest BCUT2D eigenvalue weighted by Gasteiger charge is -2.07. The van der Waals surface area contributed by atoms with Gasteiger partial charge in [0.2, 0.25) is 0 Å². The minimum Gasteiger partial charge on any atom is -0.493 e. The van der Waals surface area contributed by atoms with Crippen LogP contribution in [0.15, 0.2) is 12.1 Å². The van der Waals surface area contributed by atoms with E-state index in [9.17, 15) is 4.39 Å². The van der Waals surface area contributed by atoms with Gasteiger partial charge in [-0.1, -0.05) is 15.9 Å². The van der Waals surface area contributed by atoms with Gasteiger partial charge >= 0.3 is 0 Å². The monoisotopic (exact) mass is 255 g/mol. The zero-order chi connectivity index (χ0) is 9.97. The summed E-state index contributed by atoms with van der Waals surface area (Å²) in [6, 6.07) is 3.29. The van der Waals surface area contributed by atoms with Crippen LogP contribution in [0.1, 0.15) is 11.1 Å². The summed E-state index contributed by atoms with van der Waals surface area (Å²) in [6.45, 7) is 0.551. The van der Waals surface area contributed by atoms with E-state index in [0.29, 0.717) is 24.3 Å². The molecule has 0 N–H and O–H groups in total. The van der Waals surface area contributed by atoms with E-state index in [-0.39, 0.29) is 5.82 Å². The third-order valence-corrected chi connectivity index (χ3v) is 2.40. The second-order valence-corrected chi connectivity index (χ2v) is 3.83. The van der Waals surface area contributed by atoms with Gasteiger partial charge in [-0.2, -0.15) is 0 Å². The third-order valence-electron chi connectivity index (χ3n) is 2.07. The molecule has 0 aromatic heterocycles. The van der Waals surface area contributed by atoms with Gasteiger partial charge in [0.1, 0.15) is 11.6 Å². The van der Waals surface area contributed by atoms with E-state index in [1.807, 2.05) is 6.07 Å². The molecule has 0 fully saturated rings. The lowest BCUT2D eigenvalue weighted by molar-refractivity contribution is 0.342. The van der Waals surface area contributed by atoms with Gasteiger partial charge in [0.25, 0.3) is 0 Å². The predicted molar refractivity (Wildman–Crippen MR) is 57.1 cm³/mol. The molecule has 0 bridgehead atoms. The Labute approximate surface area is 90.7 Å². The molecule has 1 aromatic rings. The Morgan fingerprint density at radius 2 is 2.36 bits per heavy atom. The van der Waals surface area contributed by atoms with E-state index < -0.39 is 0 Å². The van der Waals surface area contributed by atoms with Gasteiger partial charge in [-0.3, -0.25) is 0 Å². The van der Waals surface area contributed by atoms with Crippen LogP contribution in [0, 0.1) is 11.9 Å². The fourth-order valence-corrected chi connectivity index (χ4v) is 1.62. The zero-order valence-electron chi connectivity index (χ0n) is 7.52. The Balaban J connectivity index is 2.25. The molecule has 0 saturated carbocycles. The molecule has 0 atom stereocenters. The van der Waals surface area contributed by atoms with Crippen LogP contribution in [-0.4, -0.2) is 11.9 Å². The van der Waals surface area contributed by atoms with Crippen molar-refractivity contribution in [1.29, 1.82) is 0 Å². The quantitative estimate of drug-likeness (QED) is 0.755. The van der Waals surface area contributed by atoms with Gasteiger partial charge in [-0.15, -0.1) is 0 Å². The second kappa shape index (κ2) is 4.13. The number of hydrogen-bond donors (Lipinski definition) is 0. The summed E-state index contributed by atoms with van der Waals surface area (Å²) in [5.41, 5.74) is 1.60. The Morgan fingerprint density at radius 3 is 3.14 bits per heavy atom. The van der Waals surface area contributed by atoms with Crippen LogP contribution >= 0.6 is 15.9 Å². The molecule has 0 unspecified atom stereocenters. The fourth-order valence-electron chi connectivity index (χ4n) is 1.46. The smallest absolute Gasteiger partial charge is 0.134 e. The summed E-state index contributed by atoms with van der Waals surface area (Å²) in [4.78, 5) is 0. The zero-order valence-corrected chi connectivity index (χ0v) is 9.10. The minimum atomic E-state index is -0.225. The van der Waals surface area contributed by atoms with Gasteiger partial charge in [0.05, 0.1) is 6.61 Å². The van der Waals surface area contributed by atoms with Gasteiger partial charge in [-0.05, 0) is 30.2 Å². The highest BCUT2D eigenvalue weighted by Crippen LogP contribution is 2.27. The van der Waals surface area contributed by atoms with E-state index in [1.165, 1.54) is 6.07 Å². The third kappa shape index (κ3) is 1.82. The number of benzene rings is 1. The summed E-state index contributed by atoms with van der Waals surface area (Å²) in [6.07, 6.45) is 5.35. The van der Waals surface area contributed by atoms with Gasteiger partial charge in [-0.25, -0.2) is 4.39 Å². The molecule has 0 amide bonds. The molecule has 1 aliphatic carbocycles. The van der Waals surface area contributed by atoms with Crippen molar-refractivity contribution in [2.24, 2.45) is 0 Å². The maximum absolute atomic E-state index is 13.4. The van der Waals surface area contributed by atoms with Gasteiger partial charge < -0.3 is 4.74 Å². The second-order valence-electron chi connectivity index (χ2n) is 3.04. The maximum Gasteiger partial charge on any atom is 0.134 e. The Bertz CT molecular complexity index is 374. The summed E-state index contributed by atoms with van der Waals surface area (Å²) in [5, 5.41) is 0.746. The van der Waals surface area contributed by atoms with Crippen molar-refractivity contribution in [3.05, 3.63) is 35.2 Å². The van der Waals surface area contributed by atoms with Crippen LogP contribution in [-0.2, 0) is 6.42 Å². The molecular weight excluding hydrogens is 247 g/mol. The van der Waals surface area contributed by atoms with Crippen molar-refractivity contribution >= 4 is 22.0 Å². The SMILES string of the molecule is Fc1cc(OCCBr)cc2c1C=[C]C2. The van der Waals surface area contributed by atoms with E-state index in [1.54, 1.807) is 6.08 Å². The predicted octanol–water partition coefficient (Wildman–Crippen LogP) is 2.97. The lowest BCUT2D eigenvalue weighted by Crippen LogP contribution is -1.99. The first-order valence-electron chi connectivity index (χ1n) is 4.39. The Kier molecular flexibility index (Phi) is 2.87. The van der Waals surface area contributed by atoms with Crippen LogP contribution in [0.4, 0.5) is 4.39 Å². The molecule has 73 valence electrons. The molecule has 0 aliphatic heterocycles. The molecule has 2 rings (SSSR count). The molecule has 14 heavy (non-hydrogen) atoms. The number of halogens is 2. The molecule has 1 aliphatic rings. The van der Waals surface area contributed by atoms with E-state index in [2.05, 4.69) is 22.0 Å². The van der Waals surface area contributed by atoms with Crippen molar-refractivity contribution in [2.45, 2.75) is 6.42 Å². The summed E-state index contributed by atoms with van der Waals surface area (Å²) < 4.78 is 18.7.